The number of carboxylic acids is 1. The Morgan fingerprint density at radius 1 is 0.932 bits per heavy atom. The monoisotopic (exact) mass is 655 g/mol. The standard InChI is InChI=1S/C23H39NO19.Na/c1-6(28)24-11-7(29)2-23(22(37)38,42-18(11)12(31)8(30)3-25)43-19-13(32)9(4-26)40-21(16(19)35)41-17-10(5-27)39-20(36)15(34)14(17)33;/h7-21,25-27,29-36H,2-5H2,1H3,(H,24,28)(H,37,38);/q;+1/p-1/t7-,8+,9+,10+,11+,12+,13-,14+,15+,16+,17+,18+,19-,20?,21-,23-;/m0./s1. The van der Waals surface area contributed by atoms with Crippen LogP contribution in [0.25, 0.3) is 0 Å². The number of amides is 1. The van der Waals surface area contributed by atoms with Gasteiger partial charge in [0.05, 0.1) is 32.0 Å². The quantitative estimate of drug-likeness (QED) is 0.0919. The molecule has 3 heterocycles. The summed E-state index contributed by atoms with van der Waals surface area (Å²) in [6.07, 6.45) is -28.2. The molecular weight excluding hydrogens is 617 g/mol. The van der Waals surface area contributed by atoms with E-state index < -0.39 is 136 Å². The van der Waals surface area contributed by atoms with Crippen molar-refractivity contribution in [2.24, 2.45) is 0 Å². The third-order valence-electron chi connectivity index (χ3n) is 7.45. The number of aliphatic hydroxyl groups excluding tert-OH is 11. The normalized spacial score (nSPS) is 44.2. The molecule has 0 bridgehead atoms. The number of aliphatic carboxylic acids is 1. The van der Waals surface area contributed by atoms with Gasteiger partial charge >= 0.3 is 29.6 Å². The van der Waals surface area contributed by atoms with E-state index >= 15 is 0 Å². The Morgan fingerprint density at radius 3 is 2.07 bits per heavy atom. The van der Waals surface area contributed by atoms with Gasteiger partial charge in [-0.15, -0.1) is 0 Å². The minimum Gasteiger partial charge on any atom is -0.544 e. The number of rotatable bonds is 11. The van der Waals surface area contributed by atoms with Gasteiger partial charge in [-0.05, 0) is 0 Å². The van der Waals surface area contributed by atoms with Gasteiger partial charge in [0.15, 0.2) is 12.6 Å². The first kappa shape index (κ1) is 39.5. The smallest absolute Gasteiger partial charge is 0.544 e. The van der Waals surface area contributed by atoms with E-state index in [1.807, 2.05) is 0 Å². The minimum atomic E-state index is -3.13. The molecule has 0 radical (unpaired) electrons. The van der Waals surface area contributed by atoms with Crippen molar-refractivity contribution < 1.29 is 124 Å². The van der Waals surface area contributed by atoms with Crippen LogP contribution in [0.4, 0.5) is 0 Å². The Labute approximate surface area is 271 Å². The summed E-state index contributed by atoms with van der Waals surface area (Å²) in [5.41, 5.74) is 0. The van der Waals surface area contributed by atoms with Gasteiger partial charge in [-0.3, -0.25) is 4.79 Å². The molecule has 3 aliphatic rings. The topological polar surface area (TPSA) is 338 Å². The van der Waals surface area contributed by atoms with Crippen molar-refractivity contribution in [2.75, 3.05) is 19.8 Å². The van der Waals surface area contributed by atoms with Gasteiger partial charge in [0.25, 0.3) is 0 Å². The summed E-state index contributed by atoms with van der Waals surface area (Å²) in [6.45, 7) is -1.90. The Bertz CT molecular complexity index is 949. The molecule has 3 saturated heterocycles. The van der Waals surface area contributed by atoms with E-state index in [-0.39, 0.29) is 29.6 Å². The maximum Gasteiger partial charge on any atom is 1.00 e. The molecule has 20 nitrogen and oxygen atoms in total. The largest absolute Gasteiger partial charge is 1.00 e. The van der Waals surface area contributed by atoms with E-state index in [2.05, 4.69) is 5.32 Å². The maximum atomic E-state index is 12.4. The molecule has 16 atom stereocenters. The fraction of sp³-hybridized carbons (Fsp3) is 0.913. The van der Waals surface area contributed by atoms with Crippen LogP contribution in [0.1, 0.15) is 13.3 Å². The Hall–Kier alpha value is -0.700. The molecule has 0 saturated carbocycles. The zero-order valence-electron chi connectivity index (χ0n) is 23.7. The second-order valence-electron chi connectivity index (χ2n) is 10.5. The first-order valence-corrected chi connectivity index (χ1v) is 13.2. The predicted molar refractivity (Wildman–Crippen MR) is 127 cm³/mol. The van der Waals surface area contributed by atoms with Gasteiger partial charge in [-0.1, -0.05) is 0 Å². The van der Waals surface area contributed by atoms with Crippen LogP contribution in [0.15, 0.2) is 0 Å². The summed E-state index contributed by atoms with van der Waals surface area (Å²) in [5.74, 6) is -6.12. The van der Waals surface area contributed by atoms with E-state index in [0.717, 1.165) is 6.92 Å². The zero-order chi connectivity index (χ0) is 32.4. The second-order valence-corrected chi connectivity index (χ2v) is 10.5. The van der Waals surface area contributed by atoms with Crippen molar-refractivity contribution in [1.29, 1.82) is 0 Å². The summed E-state index contributed by atoms with van der Waals surface area (Å²) in [6, 6.07) is -1.57. The number of hydrogen-bond acceptors (Lipinski definition) is 19. The van der Waals surface area contributed by atoms with Crippen LogP contribution in [0.2, 0.25) is 0 Å². The molecule has 1 amide bonds. The molecule has 0 aromatic heterocycles. The third-order valence-corrected chi connectivity index (χ3v) is 7.45. The molecule has 1 unspecified atom stereocenters. The van der Waals surface area contributed by atoms with Crippen LogP contribution < -0.4 is 40.0 Å². The van der Waals surface area contributed by atoms with Crippen molar-refractivity contribution in [3.63, 3.8) is 0 Å². The number of carboxylic acid groups (broad SMARTS) is 1. The molecule has 3 aliphatic heterocycles. The fourth-order valence-corrected chi connectivity index (χ4v) is 5.15. The van der Waals surface area contributed by atoms with E-state index in [1.54, 1.807) is 0 Å². The first-order valence-electron chi connectivity index (χ1n) is 13.2. The second kappa shape index (κ2) is 16.4. The number of carbonyl (C=O) groups excluding carboxylic acids is 2. The van der Waals surface area contributed by atoms with Crippen molar-refractivity contribution >= 4 is 11.9 Å². The van der Waals surface area contributed by atoms with Gasteiger partial charge < -0.3 is 95.1 Å². The predicted octanol–water partition coefficient (Wildman–Crippen LogP) is -12.6. The number of nitrogens with one attached hydrogen (secondary N) is 1. The number of ether oxygens (including phenoxy) is 5. The molecular formula is C23H38NNaO19. The van der Waals surface area contributed by atoms with Crippen molar-refractivity contribution in [3.05, 3.63) is 0 Å². The van der Waals surface area contributed by atoms with Gasteiger partial charge in [0.1, 0.15) is 73.1 Å². The van der Waals surface area contributed by atoms with E-state index in [0.29, 0.717) is 0 Å². The van der Waals surface area contributed by atoms with Crippen LogP contribution in [0.5, 0.6) is 0 Å². The average molecular weight is 656 g/mol. The van der Waals surface area contributed by atoms with Gasteiger partial charge in [-0.2, -0.15) is 0 Å². The van der Waals surface area contributed by atoms with Gasteiger partial charge in [0.2, 0.25) is 11.7 Å². The van der Waals surface area contributed by atoms with E-state index in [1.165, 1.54) is 0 Å². The molecule has 44 heavy (non-hydrogen) atoms. The molecule has 3 fully saturated rings. The minimum absolute atomic E-state index is 0. The molecule has 250 valence electrons. The summed E-state index contributed by atoms with van der Waals surface area (Å²) in [4.78, 5) is 24.1. The van der Waals surface area contributed by atoms with Crippen LogP contribution >= 0.6 is 0 Å². The summed E-state index contributed by atoms with van der Waals surface area (Å²) >= 11 is 0. The molecule has 12 N–H and O–H groups in total. The first-order chi connectivity index (χ1) is 20.1. The third kappa shape index (κ3) is 8.23. The number of aliphatic hydroxyl groups is 11. The molecule has 21 heteroatoms. The van der Waals surface area contributed by atoms with Crippen molar-refractivity contribution in [3.8, 4) is 0 Å². The molecule has 3 rings (SSSR count). The van der Waals surface area contributed by atoms with Crippen molar-refractivity contribution in [1.82, 2.24) is 5.32 Å². The maximum absolute atomic E-state index is 12.4. The van der Waals surface area contributed by atoms with E-state index in [4.69, 9.17) is 23.7 Å². The zero-order valence-corrected chi connectivity index (χ0v) is 25.7. The fourth-order valence-electron chi connectivity index (χ4n) is 5.15. The Kier molecular flexibility index (Phi) is 14.7. The van der Waals surface area contributed by atoms with Crippen LogP contribution in [-0.2, 0) is 33.3 Å². The van der Waals surface area contributed by atoms with Crippen LogP contribution in [-0.4, -0.2) is 186 Å². The average Bonchev–Trinajstić information content (AvgIpc) is 2.96. The summed E-state index contributed by atoms with van der Waals surface area (Å²) in [7, 11) is 0. The van der Waals surface area contributed by atoms with Gasteiger partial charge in [0, 0.05) is 13.3 Å². The van der Waals surface area contributed by atoms with E-state index in [9.17, 15) is 70.9 Å². The number of carbonyl (C=O) groups is 2. The Morgan fingerprint density at radius 2 is 1.55 bits per heavy atom. The Balaban J connectivity index is 0.00000675. The summed E-state index contributed by atoms with van der Waals surface area (Å²) < 4.78 is 26.7. The SMILES string of the molecule is CC(=O)N[C@H]1[C@H]([C@H](O)[C@H](O)CO)O[C@@](O[C@H]2[C@@H](O)[C@@H](CO)O[C@@H](O[C@H]3[C@H](O)[C@@H](O)C(O)O[C@@H]3CO)[C@@H]2O)(C(=O)[O-])C[C@@H]1O.[Na+]. The molecule has 0 spiro atoms. The number of hydrogen-bond donors (Lipinski definition) is 12. The molecule has 0 aliphatic carbocycles. The van der Waals surface area contributed by atoms with Crippen LogP contribution in [0.3, 0.4) is 0 Å². The van der Waals surface area contributed by atoms with Gasteiger partial charge in [-0.25, -0.2) is 0 Å². The molecule has 0 aromatic rings. The summed E-state index contributed by atoms with van der Waals surface area (Å²) in [5, 5.41) is 127. The molecule has 0 aromatic carbocycles. The van der Waals surface area contributed by atoms with Crippen LogP contribution in [0, 0.1) is 0 Å². The van der Waals surface area contributed by atoms with Crippen molar-refractivity contribution in [2.45, 2.75) is 111 Å².